The van der Waals surface area contributed by atoms with E-state index in [1.54, 1.807) is 32.7 Å². The molecule has 3 heterocycles. The van der Waals surface area contributed by atoms with Gasteiger partial charge in [-0.25, -0.2) is 13.4 Å². The van der Waals surface area contributed by atoms with Crippen molar-refractivity contribution in [3.8, 4) is 0 Å². The van der Waals surface area contributed by atoms with Crippen molar-refractivity contribution in [1.82, 2.24) is 14.2 Å². The Bertz CT molecular complexity index is 1040. The maximum Gasteiger partial charge on any atom is 0.243 e. The molecular formula is C22H30N4O3S2. The Hall–Kier alpha value is -1.81. The number of thiazole rings is 1. The van der Waals surface area contributed by atoms with Gasteiger partial charge in [0.1, 0.15) is 0 Å². The minimum atomic E-state index is -3.45. The van der Waals surface area contributed by atoms with Crippen molar-refractivity contribution >= 4 is 33.0 Å². The van der Waals surface area contributed by atoms with Crippen LogP contribution in [-0.4, -0.2) is 61.7 Å². The molecule has 0 aliphatic carbocycles. The van der Waals surface area contributed by atoms with Gasteiger partial charge < -0.3 is 4.90 Å². The van der Waals surface area contributed by atoms with Gasteiger partial charge in [-0.2, -0.15) is 4.31 Å². The normalized spacial score (nSPS) is 17.3. The van der Waals surface area contributed by atoms with Gasteiger partial charge in [0.2, 0.25) is 15.9 Å². The zero-order valence-electron chi connectivity index (χ0n) is 18.2. The van der Waals surface area contributed by atoms with Crippen LogP contribution in [0.4, 0.5) is 5.69 Å². The Morgan fingerprint density at radius 2 is 1.97 bits per heavy atom. The number of sulfonamides is 1. The van der Waals surface area contributed by atoms with Crippen LogP contribution in [0.15, 0.2) is 28.5 Å². The van der Waals surface area contributed by atoms with Crippen LogP contribution >= 0.6 is 11.3 Å². The fraction of sp³-hybridized carbons (Fsp3) is 0.545. The summed E-state index contributed by atoms with van der Waals surface area (Å²) in [7, 11) is -1.52. The summed E-state index contributed by atoms with van der Waals surface area (Å²) >= 11 is 1.66. The predicted molar refractivity (Wildman–Crippen MR) is 123 cm³/mol. The first-order chi connectivity index (χ1) is 14.9. The third-order valence-corrected chi connectivity index (χ3v) is 8.85. The number of likely N-dealkylation sites (N-methyl/N-ethyl adjacent to an activating group) is 1. The van der Waals surface area contributed by atoms with Crippen molar-refractivity contribution < 1.29 is 13.2 Å². The van der Waals surface area contributed by atoms with Crippen molar-refractivity contribution in [1.29, 1.82) is 0 Å². The molecule has 0 saturated carbocycles. The monoisotopic (exact) mass is 462 g/mol. The molecule has 1 saturated heterocycles. The lowest BCUT2D eigenvalue weighted by molar-refractivity contribution is -0.119. The van der Waals surface area contributed by atoms with Crippen LogP contribution in [0.1, 0.15) is 42.5 Å². The molecule has 0 spiro atoms. The fourth-order valence-corrected chi connectivity index (χ4v) is 6.61. The van der Waals surface area contributed by atoms with Crippen molar-refractivity contribution in [2.75, 3.05) is 38.1 Å². The van der Waals surface area contributed by atoms with Crippen LogP contribution in [0, 0.1) is 0 Å². The Morgan fingerprint density at radius 1 is 1.19 bits per heavy atom. The number of nitrogens with zero attached hydrogens (tertiary/aromatic N) is 4. The minimum Gasteiger partial charge on any atom is -0.311 e. The summed E-state index contributed by atoms with van der Waals surface area (Å²) in [5, 5.41) is 3.16. The minimum absolute atomic E-state index is 0.0320. The number of anilines is 1. The highest BCUT2D eigenvalue weighted by Gasteiger charge is 2.30. The van der Waals surface area contributed by atoms with Gasteiger partial charge in [0.15, 0.2) is 0 Å². The van der Waals surface area contributed by atoms with E-state index in [1.807, 2.05) is 18.0 Å². The first kappa shape index (κ1) is 22.4. The molecule has 1 aromatic carbocycles. The van der Waals surface area contributed by atoms with E-state index in [0.29, 0.717) is 37.6 Å². The van der Waals surface area contributed by atoms with E-state index in [9.17, 15) is 13.2 Å². The summed E-state index contributed by atoms with van der Waals surface area (Å²) in [6.07, 6.45) is 4.38. The highest BCUT2D eigenvalue weighted by atomic mass is 32.2. The maximum atomic E-state index is 13.1. The highest BCUT2D eigenvalue weighted by Crippen LogP contribution is 2.31. The number of amides is 1. The summed E-state index contributed by atoms with van der Waals surface area (Å²) in [5.74, 6) is 0.0320. The molecule has 7 nitrogen and oxygen atoms in total. The molecule has 9 heteroatoms. The summed E-state index contributed by atoms with van der Waals surface area (Å²) < 4.78 is 27.4. The molecule has 2 aliphatic heterocycles. The van der Waals surface area contributed by atoms with Crippen LogP contribution in [-0.2, 0) is 34.2 Å². The molecular weight excluding hydrogens is 432 g/mol. The molecule has 2 aliphatic rings. The molecule has 2 aromatic rings. The van der Waals surface area contributed by atoms with Crippen molar-refractivity contribution in [2.24, 2.45) is 0 Å². The quantitative estimate of drug-likeness (QED) is 0.633. The van der Waals surface area contributed by atoms with E-state index in [2.05, 4.69) is 17.3 Å². The Kier molecular flexibility index (Phi) is 6.76. The average Bonchev–Trinajstić information content (AvgIpc) is 3.45. The van der Waals surface area contributed by atoms with Gasteiger partial charge in [0.25, 0.3) is 0 Å². The number of benzene rings is 1. The lowest BCUT2D eigenvalue weighted by Crippen LogP contribution is -2.41. The largest absolute Gasteiger partial charge is 0.311 e. The molecule has 1 fully saturated rings. The molecule has 0 N–H and O–H groups in total. The summed E-state index contributed by atoms with van der Waals surface area (Å²) in [6.45, 7) is 4.87. The SMILES string of the molecule is CCc1nc(CN(C)CC(=O)N2CCCc3cc(S(=O)(=O)N4CCCC4)ccc32)cs1. The van der Waals surface area contributed by atoms with Crippen molar-refractivity contribution in [3.63, 3.8) is 0 Å². The predicted octanol–water partition coefficient (Wildman–Crippen LogP) is 2.90. The number of hydrogen-bond donors (Lipinski definition) is 0. The standard InChI is InChI=1S/C22H30N4O3S2/c1-3-21-23-18(16-30-21)14-24(2)15-22(27)26-12-6-7-17-13-19(8-9-20(17)26)31(28,29)25-10-4-5-11-25/h8-9,13,16H,3-7,10-12,14-15H2,1-2H3. The van der Waals surface area contributed by atoms with Crippen LogP contribution in [0.25, 0.3) is 0 Å². The van der Waals surface area contributed by atoms with Gasteiger partial charge in [0.05, 0.1) is 22.1 Å². The number of aryl methyl sites for hydroxylation is 2. The zero-order valence-corrected chi connectivity index (χ0v) is 19.8. The van der Waals surface area contributed by atoms with Gasteiger partial charge in [-0.05, 0) is 62.9 Å². The molecule has 1 aromatic heterocycles. The van der Waals surface area contributed by atoms with Gasteiger partial charge >= 0.3 is 0 Å². The lowest BCUT2D eigenvalue weighted by Gasteiger charge is -2.31. The average molecular weight is 463 g/mol. The number of carbonyl (C=O) groups is 1. The van der Waals surface area contributed by atoms with Crippen LogP contribution < -0.4 is 4.90 Å². The van der Waals surface area contributed by atoms with Gasteiger partial charge in [-0.1, -0.05) is 6.92 Å². The first-order valence-corrected chi connectivity index (χ1v) is 13.3. The first-order valence-electron chi connectivity index (χ1n) is 10.9. The van der Waals surface area contributed by atoms with E-state index < -0.39 is 10.0 Å². The summed E-state index contributed by atoms with van der Waals surface area (Å²) in [4.78, 5) is 21.8. The van der Waals surface area contributed by atoms with Crippen LogP contribution in [0.2, 0.25) is 0 Å². The van der Waals surface area contributed by atoms with Crippen LogP contribution in [0.3, 0.4) is 0 Å². The number of carbonyl (C=O) groups excluding carboxylic acids is 1. The van der Waals surface area contributed by atoms with Crippen molar-refractivity contribution in [2.45, 2.75) is 50.5 Å². The fourth-order valence-electron chi connectivity index (χ4n) is 4.30. The van der Waals surface area contributed by atoms with Gasteiger partial charge in [-0.15, -0.1) is 11.3 Å². The molecule has 0 bridgehead atoms. The number of hydrogen-bond acceptors (Lipinski definition) is 6. The molecule has 0 radical (unpaired) electrons. The summed E-state index contributed by atoms with van der Waals surface area (Å²) in [6, 6.07) is 5.24. The molecule has 0 unspecified atom stereocenters. The molecule has 0 atom stereocenters. The second-order valence-electron chi connectivity index (χ2n) is 8.31. The Labute approximate surface area is 188 Å². The third-order valence-electron chi connectivity index (χ3n) is 5.91. The number of aromatic nitrogens is 1. The Morgan fingerprint density at radius 3 is 2.68 bits per heavy atom. The highest BCUT2D eigenvalue weighted by molar-refractivity contribution is 7.89. The van der Waals surface area contributed by atoms with E-state index in [1.165, 1.54) is 0 Å². The van der Waals surface area contributed by atoms with Gasteiger partial charge in [-0.3, -0.25) is 9.69 Å². The summed E-state index contributed by atoms with van der Waals surface area (Å²) in [5.41, 5.74) is 2.77. The number of rotatable bonds is 7. The zero-order chi connectivity index (χ0) is 22.0. The second-order valence-corrected chi connectivity index (χ2v) is 11.2. The van der Waals surface area contributed by atoms with Gasteiger partial charge in [0, 0.05) is 37.2 Å². The molecule has 1 amide bonds. The molecule has 4 rings (SSSR count). The van der Waals surface area contributed by atoms with E-state index >= 15 is 0 Å². The third kappa shape index (κ3) is 4.84. The molecule has 31 heavy (non-hydrogen) atoms. The van der Waals surface area contributed by atoms with E-state index in [0.717, 1.165) is 54.1 Å². The molecule has 168 valence electrons. The maximum absolute atomic E-state index is 13.1. The second kappa shape index (κ2) is 9.36. The van der Waals surface area contributed by atoms with Crippen LogP contribution in [0.5, 0.6) is 0 Å². The van der Waals surface area contributed by atoms with E-state index in [-0.39, 0.29) is 5.91 Å². The Balaban J connectivity index is 1.46. The number of fused-ring (bicyclic) bond motifs is 1. The topological polar surface area (TPSA) is 73.8 Å². The van der Waals surface area contributed by atoms with E-state index in [4.69, 9.17) is 0 Å². The van der Waals surface area contributed by atoms with Crippen molar-refractivity contribution in [3.05, 3.63) is 39.8 Å². The smallest absolute Gasteiger partial charge is 0.243 e. The lowest BCUT2D eigenvalue weighted by atomic mass is 10.0.